The van der Waals surface area contributed by atoms with E-state index in [4.69, 9.17) is 0 Å². The summed E-state index contributed by atoms with van der Waals surface area (Å²) in [5, 5.41) is 0.700. The minimum Gasteiger partial charge on any atom is -0.334 e. The summed E-state index contributed by atoms with van der Waals surface area (Å²) in [6, 6.07) is 20.2. The monoisotopic (exact) mass is 331 g/mol. The van der Waals surface area contributed by atoms with Crippen LogP contribution in [0, 0.1) is 0 Å². The summed E-state index contributed by atoms with van der Waals surface area (Å²) in [6.07, 6.45) is 0.527. The molecule has 0 saturated carbocycles. The largest absolute Gasteiger partial charge is 0.334 e. The maximum atomic E-state index is 12.2. The Morgan fingerprint density at radius 3 is 1.70 bits per heavy atom. The van der Waals surface area contributed by atoms with Crippen molar-refractivity contribution < 1.29 is 4.79 Å². The molecule has 1 amide bonds. The number of carbonyl (C=O) groups excluding carboxylic acids is 1. The van der Waals surface area contributed by atoms with Crippen molar-refractivity contribution in [2.75, 3.05) is 5.33 Å². The van der Waals surface area contributed by atoms with E-state index in [1.54, 1.807) is 0 Å². The van der Waals surface area contributed by atoms with Crippen molar-refractivity contribution in [3.05, 3.63) is 71.8 Å². The van der Waals surface area contributed by atoms with Crippen LogP contribution < -0.4 is 0 Å². The van der Waals surface area contributed by atoms with Gasteiger partial charge in [0.15, 0.2) is 0 Å². The molecule has 0 N–H and O–H groups in total. The molecular weight excluding hydrogens is 314 g/mol. The molecule has 0 heterocycles. The van der Waals surface area contributed by atoms with Crippen LogP contribution in [-0.2, 0) is 17.9 Å². The number of hydrogen-bond acceptors (Lipinski definition) is 1. The maximum absolute atomic E-state index is 12.2. The van der Waals surface area contributed by atoms with E-state index in [-0.39, 0.29) is 5.91 Å². The highest BCUT2D eigenvalue weighted by Gasteiger charge is 2.13. The molecule has 0 aliphatic heterocycles. The first-order valence-electron chi connectivity index (χ1n) is 6.71. The number of alkyl halides is 1. The minimum absolute atomic E-state index is 0.176. The van der Waals surface area contributed by atoms with Gasteiger partial charge in [0, 0.05) is 24.8 Å². The molecule has 2 nitrogen and oxygen atoms in total. The van der Waals surface area contributed by atoms with Gasteiger partial charge in [-0.1, -0.05) is 76.6 Å². The standard InChI is InChI=1S/C17H18BrNO/c18-12-11-17(20)19(13-15-7-3-1-4-8-15)14-16-9-5-2-6-10-16/h1-10H,11-14H2. The molecule has 2 aromatic rings. The van der Waals surface area contributed by atoms with Gasteiger partial charge in [-0.2, -0.15) is 0 Å². The second-order valence-electron chi connectivity index (χ2n) is 4.66. The summed E-state index contributed by atoms with van der Waals surface area (Å²) in [4.78, 5) is 14.2. The summed E-state index contributed by atoms with van der Waals surface area (Å²) in [7, 11) is 0. The van der Waals surface area contributed by atoms with E-state index < -0.39 is 0 Å². The molecule has 2 rings (SSSR count). The highest BCUT2D eigenvalue weighted by atomic mass is 79.9. The molecule has 0 radical (unpaired) electrons. The lowest BCUT2D eigenvalue weighted by molar-refractivity contribution is -0.132. The van der Waals surface area contributed by atoms with Crippen molar-refractivity contribution >= 4 is 21.8 Å². The molecular formula is C17H18BrNO. The number of halogens is 1. The van der Waals surface area contributed by atoms with Gasteiger partial charge in [-0.3, -0.25) is 4.79 Å². The Labute approximate surface area is 128 Å². The first kappa shape index (κ1) is 14.8. The van der Waals surface area contributed by atoms with Crippen molar-refractivity contribution in [3.63, 3.8) is 0 Å². The Bertz CT molecular complexity index is 486. The average Bonchev–Trinajstić information content (AvgIpc) is 2.49. The summed E-state index contributed by atoms with van der Waals surface area (Å²) < 4.78 is 0. The molecule has 20 heavy (non-hydrogen) atoms. The van der Waals surface area contributed by atoms with Gasteiger partial charge in [-0.25, -0.2) is 0 Å². The molecule has 2 aromatic carbocycles. The second kappa shape index (κ2) is 7.85. The van der Waals surface area contributed by atoms with E-state index in [0.717, 1.165) is 11.1 Å². The van der Waals surface area contributed by atoms with Crippen LogP contribution in [0.15, 0.2) is 60.7 Å². The van der Waals surface area contributed by atoms with Crippen LogP contribution in [0.5, 0.6) is 0 Å². The molecule has 104 valence electrons. The normalized spacial score (nSPS) is 10.2. The summed E-state index contributed by atoms with van der Waals surface area (Å²) >= 11 is 3.34. The highest BCUT2D eigenvalue weighted by molar-refractivity contribution is 9.09. The molecule has 3 heteroatoms. The van der Waals surface area contributed by atoms with Crippen molar-refractivity contribution in [1.29, 1.82) is 0 Å². The Hall–Kier alpha value is -1.61. The van der Waals surface area contributed by atoms with Crippen molar-refractivity contribution in [2.45, 2.75) is 19.5 Å². The lowest BCUT2D eigenvalue weighted by Gasteiger charge is -2.23. The van der Waals surface area contributed by atoms with Crippen LogP contribution >= 0.6 is 15.9 Å². The molecule has 0 fully saturated rings. The van der Waals surface area contributed by atoms with E-state index >= 15 is 0 Å². The van der Waals surface area contributed by atoms with Crippen LogP contribution in [0.25, 0.3) is 0 Å². The molecule has 0 aliphatic rings. The first-order chi connectivity index (χ1) is 9.79. The van der Waals surface area contributed by atoms with Gasteiger partial charge < -0.3 is 4.90 Å². The Morgan fingerprint density at radius 2 is 1.30 bits per heavy atom. The van der Waals surface area contributed by atoms with E-state index in [1.165, 1.54) is 0 Å². The smallest absolute Gasteiger partial charge is 0.224 e. The topological polar surface area (TPSA) is 20.3 Å². The molecule has 0 aliphatic carbocycles. The van der Waals surface area contributed by atoms with Crippen molar-refractivity contribution in [2.24, 2.45) is 0 Å². The predicted molar refractivity (Wildman–Crippen MR) is 85.5 cm³/mol. The van der Waals surface area contributed by atoms with Gasteiger partial charge in [0.05, 0.1) is 0 Å². The lowest BCUT2D eigenvalue weighted by Crippen LogP contribution is -2.30. The van der Waals surface area contributed by atoms with Crippen LogP contribution in [-0.4, -0.2) is 16.1 Å². The zero-order chi connectivity index (χ0) is 14.2. The van der Waals surface area contributed by atoms with E-state index in [1.807, 2.05) is 41.3 Å². The second-order valence-corrected chi connectivity index (χ2v) is 5.45. The third-order valence-corrected chi connectivity index (χ3v) is 3.49. The summed E-state index contributed by atoms with van der Waals surface area (Å²) in [5.41, 5.74) is 2.32. The van der Waals surface area contributed by atoms with Gasteiger partial charge in [-0.05, 0) is 11.1 Å². The highest BCUT2D eigenvalue weighted by Crippen LogP contribution is 2.12. The van der Waals surface area contributed by atoms with Crippen LogP contribution in [0.2, 0.25) is 0 Å². The third kappa shape index (κ3) is 4.49. The Kier molecular flexibility index (Phi) is 5.81. The van der Waals surface area contributed by atoms with Crippen LogP contribution in [0.1, 0.15) is 17.5 Å². The van der Waals surface area contributed by atoms with Crippen LogP contribution in [0.3, 0.4) is 0 Å². The molecule has 0 saturated heterocycles. The van der Waals surface area contributed by atoms with Crippen LogP contribution in [0.4, 0.5) is 0 Å². The third-order valence-electron chi connectivity index (χ3n) is 3.09. The first-order valence-corrected chi connectivity index (χ1v) is 7.83. The minimum atomic E-state index is 0.176. The number of benzene rings is 2. The van der Waals surface area contributed by atoms with Gasteiger partial charge in [0.2, 0.25) is 5.91 Å². The zero-order valence-electron chi connectivity index (χ0n) is 11.3. The molecule has 0 aromatic heterocycles. The number of amides is 1. The van der Waals surface area contributed by atoms with Gasteiger partial charge >= 0.3 is 0 Å². The fourth-order valence-corrected chi connectivity index (χ4v) is 2.42. The number of rotatable bonds is 6. The number of hydrogen-bond donors (Lipinski definition) is 0. The Balaban J connectivity index is 2.10. The maximum Gasteiger partial charge on any atom is 0.224 e. The van der Waals surface area contributed by atoms with E-state index in [0.29, 0.717) is 24.8 Å². The predicted octanol–water partition coefficient (Wildman–Crippen LogP) is 4.00. The van der Waals surface area contributed by atoms with E-state index in [2.05, 4.69) is 40.2 Å². The summed E-state index contributed by atoms with van der Waals surface area (Å²) in [6.45, 7) is 1.31. The molecule has 0 unspecified atom stereocenters. The van der Waals surface area contributed by atoms with Gasteiger partial charge in [0.1, 0.15) is 0 Å². The molecule has 0 spiro atoms. The molecule has 0 bridgehead atoms. The van der Waals surface area contributed by atoms with Crippen molar-refractivity contribution in [1.82, 2.24) is 4.90 Å². The fourth-order valence-electron chi connectivity index (χ4n) is 2.08. The number of nitrogens with zero attached hydrogens (tertiary/aromatic N) is 1. The van der Waals surface area contributed by atoms with Crippen molar-refractivity contribution in [3.8, 4) is 0 Å². The molecule has 0 atom stereocenters. The number of carbonyl (C=O) groups is 1. The van der Waals surface area contributed by atoms with E-state index in [9.17, 15) is 4.79 Å². The lowest BCUT2D eigenvalue weighted by atomic mass is 10.1. The fraction of sp³-hybridized carbons (Fsp3) is 0.235. The Morgan fingerprint density at radius 1 is 0.850 bits per heavy atom. The van der Waals surface area contributed by atoms with Gasteiger partial charge in [-0.15, -0.1) is 0 Å². The quantitative estimate of drug-likeness (QED) is 0.732. The van der Waals surface area contributed by atoms with Gasteiger partial charge in [0.25, 0.3) is 0 Å². The SMILES string of the molecule is O=C(CCBr)N(Cc1ccccc1)Cc1ccccc1. The summed E-state index contributed by atoms with van der Waals surface area (Å²) in [5.74, 6) is 0.176. The average molecular weight is 332 g/mol. The zero-order valence-corrected chi connectivity index (χ0v) is 12.9.